The van der Waals surface area contributed by atoms with Crippen LogP contribution in [0.15, 0.2) is 192 Å². The number of furan rings is 1. The minimum absolute atomic E-state index is 0.491. The molecule has 0 radical (unpaired) electrons. The second-order valence-electron chi connectivity index (χ2n) is 16.8. The maximum atomic E-state index is 7.23. The monoisotopic (exact) mass is 768 g/mol. The quantitative estimate of drug-likeness (QED) is 0.178. The molecule has 13 rings (SSSR count). The number of anilines is 3. The van der Waals surface area contributed by atoms with Gasteiger partial charge in [-0.15, -0.1) is 0 Å². The minimum Gasteiger partial charge on any atom is -0.455 e. The predicted octanol–water partition coefficient (Wildman–Crippen LogP) is 15.2. The standard InChI is InChI=1S/C57H40N2O/c1-35-17-3-13-27-48(35)58(37-31-32-41-40-21-8-15-29-50(40)59(51(41)33-37)49-28-14-4-18-36(49)2)52-34-47-54(56-55(52)43-23-9-16-30-53(43)60-56)42-22-7-12-26-46(42)57(47)44-24-10-5-19-38(44)39-20-6-11-25-45(39)57/h3-6,8-21,23-34H,7,22H2,1-2H3. The largest absolute Gasteiger partial charge is 0.455 e. The highest BCUT2D eigenvalue weighted by Gasteiger charge is 2.53. The molecule has 3 heteroatoms. The normalized spacial score (nSPS) is 14.7. The number of hydrogen-bond acceptors (Lipinski definition) is 2. The topological polar surface area (TPSA) is 21.3 Å². The first-order valence-corrected chi connectivity index (χ1v) is 21.2. The molecule has 0 saturated heterocycles. The SMILES string of the molecule is Cc1ccccc1N(c1ccc2c3ccccc3n(-c3ccccc3C)c2c1)c1cc2c(c3oc4ccccc4c13)C1=C(C=CCC1)C21c2ccccc2-c2ccccc21. The van der Waals surface area contributed by atoms with Crippen LogP contribution < -0.4 is 4.90 Å². The number of para-hydroxylation sites is 4. The van der Waals surface area contributed by atoms with E-state index in [1.807, 2.05) is 0 Å². The number of allylic oxidation sites excluding steroid dienone is 4. The Bertz CT molecular complexity index is 3490. The first-order valence-electron chi connectivity index (χ1n) is 21.2. The molecule has 0 unspecified atom stereocenters. The van der Waals surface area contributed by atoms with E-state index in [9.17, 15) is 0 Å². The predicted molar refractivity (Wildman–Crippen MR) is 249 cm³/mol. The number of hydrogen-bond donors (Lipinski definition) is 0. The van der Waals surface area contributed by atoms with Crippen LogP contribution in [0.4, 0.5) is 17.1 Å². The fourth-order valence-electron chi connectivity index (χ4n) is 11.3. The van der Waals surface area contributed by atoms with Gasteiger partial charge in [-0.3, -0.25) is 0 Å². The van der Waals surface area contributed by atoms with Crippen LogP contribution in [0.1, 0.15) is 46.2 Å². The van der Waals surface area contributed by atoms with Crippen LogP contribution in [0.2, 0.25) is 0 Å². The van der Waals surface area contributed by atoms with Crippen LogP contribution in [-0.2, 0) is 5.41 Å². The third-order valence-electron chi connectivity index (χ3n) is 13.7. The Hall–Kier alpha value is -7.36. The zero-order chi connectivity index (χ0) is 39.7. The molecular formula is C57H40N2O. The Morgan fingerprint density at radius 3 is 2.03 bits per heavy atom. The Morgan fingerprint density at radius 1 is 0.567 bits per heavy atom. The Kier molecular flexibility index (Phi) is 6.90. The van der Waals surface area contributed by atoms with Crippen molar-refractivity contribution in [2.75, 3.05) is 4.90 Å². The highest BCUT2D eigenvalue weighted by molar-refractivity contribution is 6.19. The van der Waals surface area contributed by atoms with Gasteiger partial charge in [0.25, 0.3) is 0 Å². The Balaban J connectivity index is 1.19. The molecule has 0 saturated carbocycles. The zero-order valence-corrected chi connectivity index (χ0v) is 33.5. The minimum atomic E-state index is -0.491. The summed E-state index contributed by atoms with van der Waals surface area (Å²) in [5.41, 5.74) is 21.4. The van der Waals surface area contributed by atoms with Crippen molar-refractivity contribution in [1.29, 1.82) is 0 Å². The summed E-state index contributed by atoms with van der Waals surface area (Å²) in [4.78, 5) is 2.52. The number of aromatic nitrogens is 1. The summed E-state index contributed by atoms with van der Waals surface area (Å²) in [5, 5.41) is 4.75. The molecule has 0 atom stereocenters. The molecule has 60 heavy (non-hydrogen) atoms. The van der Waals surface area contributed by atoms with Gasteiger partial charge >= 0.3 is 0 Å². The summed E-state index contributed by atoms with van der Waals surface area (Å²) in [7, 11) is 0. The molecule has 0 N–H and O–H groups in total. The summed E-state index contributed by atoms with van der Waals surface area (Å²) in [6.45, 7) is 4.45. The molecule has 2 heterocycles. The number of nitrogens with zero attached hydrogens (tertiary/aromatic N) is 2. The van der Waals surface area contributed by atoms with Crippen molar-refractivity contribution in [3.8, 4) is 16.8 Å². The summed E-state index contributed by atoms with van der Waals surface area (Å²) in [5.74, 6) is 0. The zero-order valence-electron chi connectivity index (χ0n) is 33.5. The lowest BCUT2D eigenvalue weighted by Gasteiger charge is -2.34. The average Bonchev–Trinajstić information content (AvgIpc) is 4.01. The van der Waals surface area contributed by atoms with Crippen molar-refractivity contribution in [2.45, 2.75) is 32.1 Å². The highest BCUT2D eigenvalue weighted by Crippen LogP contribution is 2.65. The van der Waals surface area contributed by atoms with Gasteiger partial charge in [0.2, 0.25) is 0 Å². The molecule has 3 aliphatic carbocycles. The van der Waals surface area contributed by atoms with Gasteiger partial charge in [0.15, 0.2) is 0 Å². The lowest BCUT2D eigenvalue weighted by molar-refractivity contribution is 0.666. The van der Waals surface area contributed by atoms with Crippen molar-refractivity contribution in [2.24, 2.45) is 0 Å². The fraction of sp³-hybridized carbons (Fsp3) is 0.0877. The van der Waals surface area contributed by atoms with E-state index in [0.29, 0.717) is 0 Å². The molecular weight excluding hydrogens is 729 g/mol. The van der Waals surface area contributed by atoms with Crippen molar-refractivity contribution < 1.29 is 4.42 Å². The molecule has 3 aliphatic rings. The van der Waals surface area contributed by atoms with E-state index >= 15 is 0 Å². The average molecular weight is 769 g/mol. The van der Waals surface area contributed by atoms with E-state index < -0.39 is 5.41 Å². The third kappa shape index (κ3) is 4.29. The van der Waals surface area contributed by atoms with Gasteiger partial charge in [0.05, 0.1) is 27.5 Å². The van der Waals surface area contributed by atoms with Crippen LogP contribution in [0, 0.1) is 13.8 Å². The maximum absolute atomic E-state index is 7.23. The number of benzene rings is 8. The third-order valence-corrected chi connectivity index (χ3v) is 13.7. The molecule has 8 aromatic carbocycles. The van der Waals surface area contributed by atoms with Crippen LogP contribution in [0.3, 0.4) is 0 Å². The van der Waals surface area contributed by atoms with Crippen LogP contribution in [0.25, 0.3) is 66.1 Å². The van der Waals surface area contributed by atoms with Crippen molar-refractivity contribution in [1.82, 2.24) is 4.57 Å². The highest BCUT2D eigenvalue weighted by atomic mass is 16.3. The molecule has 0 amide bonds. The molecule has 0 fully saturated rings. The van der Waals surface area contributed by atoms with E-state index in [2.05, 4.69) is 205 Å². The summed E-state index contributed by atoms with van der Waals surface area (Å²) in [6.07, 6.45) is 6.79. The van der Waals surface area contributed by atoms with Gasteiger partial charge in [-0.05, 0) is 119 Å². The number of aryl methyl sites for hydroxylation is 2. The second kappa shape index (κ2) is 12.3. The maximum Gasteiger partial charge on any atom is 0.145 e. The molecule has 2 aromatic heterocycles. The van der Waals surface area contributed by atoms with Crippen molar-refractivity contribution in [3.63, 3.8) is 0 Å². The molecule has 284 valence electrons. The van der Waals surface area contributed by atoms with Gasteiger partial charge in [0.1, 0.15) is 11.2 Å². The van der Waals surface area contributed by atoms with Gasteiger partial charge in [0, 0.05) is 38.8 Å². The van der Waals surface area contributed by atoms with Crippen LogP contribution >= 0.6 is 0 Å². The van der Waals surface area contributed by atoms with E-state index in [4.69, 9.17) is 4.42 Å². The summed E-state index contributed by atoms with van der Waals surface area (Å²) < 4.78 is 9.68. The summed E-state index contributed by atoms with van der Waals surface area (Å²) in [6, 6.07) is 62.8. The van der Waals surface area contributed by atoms with Gasteiger partial charge in [-0.1, -0.05) is 140 Å². The van der Waals surface area contributed by atoms with E-state index in [1.165, 1.54) is 83.1 Å². The smallest absolute Gasteiger partial charge is 0.145 e. The summed E-state index contributed by atoms with van der Waals surface area (Å²) >= 11 is 0. The lowest BCUT2D eigenvalue weighted by Crippen LogP contribution is -2.27. The number of fused-ring (bicyclic) bond motifs is 16. The molecule has 3 nitrogen and oxygen atoms in total. The van der Waals surface area contributed by atoms with Crippen molar-refractivity contribution in [3.05, 3.63) is 221 Å². The van der Waals surface area contributed by atoms with E-state index in [1.54, 1.807) is 0 Å². The van der Waals surface area contributed by atoms with Crippen LogP contribution in [0.5, 0.6) is 0 Å². The molecule has 1 spiro atoms. The van der Waals surface area contributed by atoms with Gasteiger partial charge < -0.3 is 13.9 Å². The van der Waals surface area contributed by atoms with Gasteiger partial charge in [-0.25, -0.2) is 0 Å². The van der Waals surface area contributed by atoms with E-state index in [0.717, 1.165) is 51.8 Å². The van der Waals surface area contributed by atoms with Gasteiger partial charge in [-0.2, -0.15) is 0 Å². The molecule has 0 bridgehead atoms. The molecule has 0 aliphatic heterocycles. The first kappa shape index (κ1) is 33.6. The first-order chi connectivity index (χ1) is 29.6. The fourth-order valence-corrected chi connectivity index (χ4v) is 11.3. The Morgan fingerprint density at radius 2 is 1.23 bits per heavy atom. The lowest BCUT2D eigenvalue weighted by atomic mass is 9.69. The van der Waals surface area contributed by atoms with Crippen molar-refractivity contribution >= 4 is 66.4 Å². The number of rotatable bonds is 4. The Labute approximate surface area is 348 Å². The van der Waals surface area contributed by atoms with E-state index in [-0.39, 0.29) is 0 Å². The molecule has 10 aromatic rings. The van der Waals surface area contributed by atoms with Crippen LogP contribution in [-0.4, -0.2) is 4.57 Å². The second-order valence-corrected chi connectivity index (χ2v) is 16.8.